The summed E-state index contributed by atoms with van der Waals surface area (Å²) < 4.78 is 23.3. The maximum absolute atomic E-state index is 11.5. The van der Waals surface area contributed by atoms with Gasteiger partial charge in [-0.1, -0.05) is 13.8 Å². The molecular formula is C17H24O6. The maximum Gasteiger partial charge on any atom is 0.303 e. The van der Waals surface area contributed by atoms with Crippen LogP contribution in [0, 0.1) is 17.3 Å². The van der Waals surface area contributed by atoms with Gasteiger partial charge in [-0.2, -0.15) is 0 Å². The van der Waals surface area contributed by atoms with Gasteiger partial charge in [-0.15, -0.1) is 0 Å². The third-order valence-corrected chi connectivity index (χ3v) is 7.52. The predicted octanol–water partition coefficient (Wildman–Crippen LogP) is 0.998. The lowest BCUT2D eigenvalue weighted by Crippen LogP contribution is -2.63. The van der Waals surface area contributed by atoms with Gasteiger partial charge < -0.3 is 24.1 Å². The summed E-state index contributed by atoms with van der Waals surface area (Å²) in [6.45, 7) is 8.26. The van der Waals surface area contributed by atoms with Crippen molar-refractivity contribution in [3.05, 3.63) is 0 Å². The lowest BCUT2D eigenvalue weighted by atomic mass is 9.51. The number of aliphatic hydroxyl groups is 1. The Hall–Kier alpha value is -0.690. The van der Waals surface area contributed by atoms with Crippen LogP contribution >= 0.6 is 0 Å². The summed E-state index contributed by atoms with van der Waals surface area (Å²) >= 11 is 0. The summed E-state index contributed by atoms with van der Waals surface area (Å²) in [6, 6.07) is 0. The van der Waals surface area contributed by atoms with Crippen molar-refractivity contribution < 1.29 is 28.8 Å². The average molecular weight is 324 g/mol. The standard InChI is InChI=1S/C17H24O6/c1-8-11(21-9(2)18)13-12(22-13)10-5-17(19)16(6-14(8,10)3)15(4,23-16)7-20-17/h8,10-13,19H,5-7H2,1-4H3/t8-,10+,11+,12+,13-,14+,15-,16-,17+/m0/s1. The number of hydrogen-bond acceptors (Lipinski definition) is 6. The fourth-order valence-electron chi connectivity index (χ4n) is 5.89. The van der Waals surface area contributed by atoms with Crippen LogP contribution in [0.15, 0.2) is 0 Å². The summed E-state index contributed by atoms with van der Waals surface area (Å²) in [5.41, 5.74) is -1.13. The van der Waals surface area contributed by atoms with Gasteiger partial charge in [-0.05, 0) is 24.7 Å². The Morgan fingerprint density at radius 2 is 2.04 bits per heavy atom. The first kappa shape index (κ1) is 14.6. The highest BCUT2D eigenvalue weighted by Gasteiger charge is 2.87. The molecule has 6 nitrogen and oxygen atoms in total. The predicted molar refractivity (Wildman–Crippen MR) is 77.3 cm³/mol. The Kier molecular flexibility index (Phi) is 2.40. The minimum Gasteiger partial charge on any atom is -0.459 e. The molecule has 5 fully saturated rings. The molecule has 23 heavy (non-hydrogen) atoms. The molecule has 0 aromatic rings. The van der Waals surface area contributed by atoms with E-state index in [1.54, 1.807) is 0 Å². The number of ether oxygens (including phenoxy) is 4. The number of carbonyl (C=O) groups excluding carboxylic acids is 1. The fourth-order valence-corrected chi connectivity index (χ4v) is 5.89. The van der Waals surface area contributed by atoms with Crippen LogP contribution in [0.2, 0.25) is 0 Å². The van der Waals surface area contributed by atoms with E-state index >= 15 is 0 Å². The molecule has 9 atom stereocenters. The molecule has 3 aliphatic heterocycles. The van der Waals surface area contributed by atoms with Crippen molar-refractivity contribution in [2.75, 3.05) is 6.61 Å². The second-order valence-electron chi connectivity index (χ2n) is 8.65. The van der Waals surface area contributed by atoms with E-state index in [9.17, 15) is 9.90 Å². The monoisotopic (exact) mass is 324 g/mol. The van der Waals surface area contributed by atoms with Crippen molar-refractivity contribution in [3.63, 3.8) is 0 Å². The molecule has 0 aromatic carbocycles. The summed E-state index contributed by atoms with van der Waals surface area (Å²) in [5.74, 6) is -1.14. The molecule has 0 bridgehead atoms. The first-order valence-corrected chi connectivity index (χ1v) is 8.55. The number of rotatable bonds is 1. The van der Waals surface area contributed by atoms with Crippen molar-refractivity contribution in [2.45, 2.75) is 75.8 Å². The van der Waals surface area contributed by atoms with Crippen LogP contribution in [0.1, 0.15) is 40.5 Å². The molecule has 5 rings (SSSR count). The summed E-state index contributed by atoms with van der Waals surface area (Å²) in [5, 5.41) is 11.1. The average Bonchev–Trinajstić information content (AvgIpc) is 3.33. The molecular weight excluding hydrogens is 300 g/mol. The molecule has 128 valence electrons. The van der Waals surface area contributed by atoms with Gasteiger partial charge in [0.1, 0.15) is 17.8 Å². The molecule has 3 saturated heterocycles. The van der Waals surface area contributed by atoms with E-state index in [2.05, 4.69) is 13.8 Å². The van der Waals surface area contributed by atoms with Crippen LogP contribution in [0.3, 0.4) is 0 Å². The molecule has 0 aromatic heterocycles. The number of fused-ring (bicyclic) bond motifs is 3. The molecule has 0 amide bonds. The zero-order valence-corrected chi connectivity index (χ0v) is 14.0. The fraction of sp³-hybridized carbons (Fsp3) is 0.941. The van der Waals surface area contributed by atoms with Crippen LogP contribution < -0.4 is 0 Å². The SMILES string of the molecule is CC(=O)O[C@H]1[C@@H]2O[C@@H]2[C@H]2C[C@@]3(O)OC[C@]4(C)O[C@]34C[C@]2(C)[C@H]1C. The van der Waals surface area contributed by atoms with Crippen molar-refractivity contribution in [1.82, 2.24) is 0 Å². The van der Waals surface area contributed by atoms with Crippen LogP contribution in [0.5, 0.6) is 0 Å². The Balaban J connectivity index is 1.52. The molecule has 2 saturated carbocycles. The molecule has 0 unspecified atom stereocenters. The highest BCUT2D eigenvalue weighted by molar-refractivity contribution is 5.66. The number of hydrogen-bond donors (Lipinski definition) is 1. The second kappa shape index (κ2) is 3.77. The van der Waals surface area contributed by atoms with Crippen LogP contribution in [0.4, 0.5) is 0 Å². The summed E-state index contributed by atoms with van der Waals surface area (Å²) in [7, 11) is 0. The van der Waals surface area contributed by atoms with E-state index in [0.717, 1.165) is 0 Å². The normalized spacial score (nSPS) is 65.0. The van der Waals surface area contributed by atoms with E-state index in [0.29, 0.717) is 19.4 Å². The van der Waals surface area contributed by atoms with Gasteiger partial charge in [0.05, 0.1) is 12.7 Å². The van der Waals surface area contributed by atoms with Gasteiger partial charge >= 0.3 is 5.97 Å². The minimum absolute atomic E-state index is 0.0381. The smallest absolute Gasteiger partial charge is 0.303 e. The lowest BCUT2D eigenvalue weighted by molar-refractivity contribution is -0.280. The van der Waals surface area contributed by atoms with Gasteiger partial charge in [0.15, 0.2) is 11.4 Å². The van der Waals surface area contributed by atoms with E-state index in [4.69, 9.17) is 18.9 Å². The van der Waals surface area contributed by atoms with Crippen molar-refractivity contribution in [2.24, 2.45) is 17.3 Å². The van der Waals surface area contributed by atoms with Gasteiger partial charge in [-0.3, -0.25) is 4.79 Å². The molecule has 3 heterocycles. The van der Waals surface area contributed by atoms with Gasteiger partial charge in [-0.25, -0.2) is 0 Å². The highest BCUT2D eigenvalue weighted by Crippen LogP contribution is 2.73. The molecule has 1 N–H and O–H groups in total. The van der Waals surface area contributed by atoms with E-state index < -0.39 is 17.0 Å². The van der Waals surface area contributed by atoms with Gasteiger partial charge in [0.2, 0.25) is 0 Å². The van der Waals surface area contributed by atoms with Crippen LogP contribution in [-0.2, 0) is 23.7 Å². The van der Waals surface area contributed by atoms with E-state index in [-0.39, 0.29) is 41.5 Å². The van der Waals surface area contributed by atoms with Crippen molar-refractivity contribution in [1.29, 1.82) is 0 Å². The molecule has 5 aliphatic rings. The second-order valence-corrected chi connectivity index (χ2v) is 8.65. The number of carbonyl (C=O) groups is 1. The Morgan fingerprint density at radius 3 is 2.70 bits per heavy atom. The largest absolute Gasteiger partial charge is 0.459 e. The lowest BCUT2D eigenvalue weighted by Gasteiger charge is -2.54. The maximum atomic E-state index is 11.5. The zero-order chi connectivity index (χ0) is 16.4. The first-order chi connectivity index (χ1) is 10.7. The molecule has 1 spiro atoms. The van der Waals surface area contributed by atoms with Gasteiger partial charge in [0.25, 0.3) is 0 Å². The van der Waals surface area contributed by atoms with Crippen LogP contribution in [0.25, 0.3) is 0 Å². The minimum atomic E-state index is -1.21. The first-order valence-electron chi connectivity index (χ1n) is 8.55. The molecule has 6 heteroatoms. The highest BCUT2D eigenvalue weighted by atomic mass is 16.8. The summed E-state index contributed by atoms with van der Waals surface area (Å²) in [6.07, 6.45) is 1.02. The Morgan fingerprint density at radius 1 is 1.30 bits per heavy atom. The number of epoxide rings is 2. The Labute approximate surface area is 135 Å². The third kappa shape index (κ3) is 1.48. The number of esters is 1. The van der Waals surface area contributed by atoms with Crippen molar-refractivity contribution in [3.8, 4) is 0 Å². The molecule has 2 aliphatic carbocycles. The van der Waals surface area contributed by atoms with Crippen LogP contribution in [-0.4, -0.2) is 53.0 Å². The topological polar surface area (TPSA) is 80.8 Å². The molecule has 0 radical (unpaired) electrons. The van der Waals surface area contributed by atoms with Gasteiger partial charge in [0, 0.05) is 19.3 Å². The summed E-state index contributed by atoms with van der Waals surface area (Å²) in [4.78, 5) is 11.5. The van der Waals surface area contributed by atoms with E-state index in [1.165, 1.54) is 6.92 Å². The Bertz CT molecular complexity index is 608. The third-order valence-electron chi connectivity index (χ3n) is 7.52. The quantitative estimate of drug-likeness (QED) is 0.572. The van der Waals surface area contributed by atoms with E-state index in [1.807, 2.05) is 6.92 Å². The zero-order valence-electron chi connectivity index (χ0n) is 14.0. The van der Waals surface area contributed by atoms with Crippen molar-refractivity contribution >= 4 is 5.97 Å².